The summed E-state index contributed by atoms with van der Waals surface area (Å²) in [5, 5.41) is 6.22. The summed E-state index contributed by atoms with van der Waals surface area (Å²) in [6.45, 7) is 1.49. The van der Waals surface area contributed by atoms with E-state index in [2.05, 4.69) is 15.7 Å². The van der Waals surface area contributed by atoms with E-state index >= 15 is 0 Å². The number of hydrogen-bond donors (Lipinski definition) is 1. The lowest BCUT2D eigenvalue weighted by Crippen LogP contribution is -2.25. The molecule has 3 heterocycles. The molecule has 1 fully saturated rings. The van der Waals surface area contributed by atoms with Gasteiger partial charge in [0.15, 0.2) is 0 Å². The molecule has 1 atom stereocenters. The summed E-state index contributed by atoms with van der Waals surface area (Å²) in [5.41, 5.74) is 2.81. The molecule has 1 amide bonds. The minimum Gasteiger partial charge on any atom is -0.377 e. The third-order valence-electron chi connectivity index (χ3n) is 4.96. The second-order valence-electron chi connectivity index (χ2n) is 7.16. The summed E-state index contributed by atoms with van der Waals surface area (Å²) >= 11 is 3.37. The highest BCUT2D eigenvalue weighted by Gasteiger charge is 2.17. The second-order valence-corrected chi connectivity index (χ2v) is 9.17. The van der Waals surface area contributed by atoms with Crippen molar-refractivity contribution in [3.05, 3.63) is 64.7 Å². The highest BCUT2D eigenvalue weighted by atomic mass is 32.2. The maximum absolute atomic E-state index is 12.7. The van der Waals surface area contributed by atoms with Gasteiger partial charge < -0.3 is 10.1 Å². The van der Waals surface area contributed by atoms with Gasteiger partial charge in [-0.05, 0) is 43.5 Å². The number of thiazole rings is 1. The molecular weight excluding hydrogens is 414 g/mol. The molecule has 0 spiro atoms. The molecule has 5 nitrogen and oxygen atoms in total. The van der Waals surface area contributed by atoms with Gasteiger partial charge >= 0.3 is 0 Å². The fourth-order valence-electron chi connectivity index (χ4n) is 3.36. The van der Waals surface area contributed by atoms with Gasteiger partial charge in [0.25, 0.3) is 5.91 Å². The fourth-order valence-corrected chi connectivity index (χ4v) is 5.33. The summed E-state index contributed by atoms with van der Waals surface area (Å²) in [7, 11) is 0. The van der Waals surface area contributed by atoms with Gasteiger partial charge in [0, 0.05) is 53.6 Å². The number of aromatic nitrogens is 2. The second kappa shape index (κ2) is 10.7. The van der Waals surface area contributed by atoms with Crippen LogP contribution < -0.4 is 5.32 Å². The van der Waals surface area contributed by atoms with E-state index in [9.17, 15) is 4.79 Å². The van der Waals surface area contributed by atoms with Crippen molar-refractivity contribution >= 4 is 29.0 Å². The molecule has 1 aliphatic heterocycles. The van der Waals surface area contributed by atoms with Crippen molar-refractivity contribution in [1.29, 1.82) is 0 Å². The molecule has 4 rings (SSSR count). The van der Waals surface area contributed by atoms with Crippen LogP contribution in [0.15, 0.2) is 59.1 Å². The summed E-state index contributed by atoms with van der Waals surface area (Å²) in [6, 6.07) is 11.7. The van der Waals surface area contributed by atoms with Gasteiger partial charge in [-0.3, -0.25) is 9.78 Å². The van der Waals surface area contributed by atoms with Crippen LogP contribution in [-0.2, 0) is 11.2 Å². The highest BCUT2D eigenvalue weighted by Crippen LogP contribution is 2.27. The van der Waals surface area contributed by atoms with E-state index in [0.717, 1.165) is 64.8 Å². The van der Waals surface area contributed by atoms with Crippen LogP contribution in [0.2, 0.25) is 0 Å². The van der Waals surface area contributed by atoms with Gasteiger partial charge in [0.05, 0.1) is 22.4 Å². The lowest BCUT2D eigenvalue weighted by Gasteiger charge is -2.12. The van der Waals surface area contributed by atoms with Crippen LogP contribution in [0.5, 0.6) is 0 Å². The van der Waals surface area contributed by atoms with E-state index < -0.39 is 0 Å². The normalized spacial score (nSPS) is 15.9. The number of aryl methyl sites for hydroxylation is 1. The van der Waals surface area contributed by atoms with Crippen molar-refractivity contribution in [2.45, 2.75) is 36.7 Å². The molecular formula is C23H25N3O2S2. The zero-order valence-corrected chi connectivity index (χ0v) is 18.4. The first-order valence-electron chi connectivity index (χ1n) is 10.3. The minimum atomic E-state index is -0.0120. The van der Waals surface area contributed by atoms with Crippen molar-refractivity contribution < 1.29 is 9.53 Å². The maximum atomic E-state index is 12.7. The molecule has 1 saturated heterocycles. The van der Waals surface area contributed by atoms with E-state index in [1.165, 1.54) is 0 Å². The number of benzene rings is 1. The van der Waals surface area contributed by atoms with Gasteiger partial charge in [0.2, 0.25) is 0 Å². The molecule has 0 aliphatic carbocycles. The molecule has 3 aromatic rings. The number of nitrogens with zero attached hydrogens (tertiary/aromatic N) is 2. The summed E-state index contributed by atoms with van der Waals surface area (Å²) in [5.74, 6) is 0.885. The Morgan fingerprint density at radius 3 is 2.93 bits per heavy atom. The topological polar surface area (TPSA) is 64.1 Å². The molecule has 1 N–H and O–H groups in total. The monoisotopic (exact) mass is 439 g/mol. The Bertz CT molecular complexity index is 956. The quantitative estimate of drug-likeness (QED) is 0.382. The number of nitrogens with one attached hydrogen (secondary N) is 1. The van der Waals surface area contributed by atoms with E-state index in [4.69, 9.17) is 9.72 Å². The highest BCUT2D eigenvalue weighted by molar-refractivity contribution is 7.99. The SMILES string of the molecule is O=C(NCCCc1nc(-c2ccncc2)cs1)c1ccccc1SCC1CCCO1. The van der Waals surface area contributed by atoms with Crippen molar-refractivity contribution in [2.75, 3.05) is 18.9 Å². The first-order valence-corrected chi connectivity index (χ1v) is 12.1. The Balaban J connectivity index is 1.25. The van der Waals surface area contributed by atoms with E-state index in [-0.39, 0.29) is 5.91 Å². The Kier molecular flexibility index (Phi) is 7.50. The van der Waals surface area contributed by atoms with E-state index in [0.29, 0.717) is 12.6 Å². The molecule has 2 aromatic heterocycles. The fraction of sp³-hybridized carbons (Fsp3) is 0.348. The van der Waals surface area contributed by atoms with Crippen molar-refractivity contribution in [2.24, 2.45) is 0 Å². The molecule has 0 saturated carbocycles. The lowest BCUT2D eigenvalue weighted by atomic mass is 10.2. The Hall–Kier alpha value is -2.22. The first kappa shape index (κ1) is 21.0. The predicted molar refractivity (Wildman–Crippen MR) is 122 cm³/mol. The minimum absolute atomic E-state index is 0.0120. The van der Waals surface area contributed by atoms with Crippen LogP contribution >= 0.6 is 23.1 Å². The van der Waals surface area contributed by atoms with Crippen molar-refractivity contribution in [1.82, 2.24) is 15.3 Å². The Labute approximate surface area is 185 Å². The van der Waals surface area contributed by atoms with Crippen LogP contribution in [0.4, 0.5) is 0 Å². The van der Waals surface area contributed by atoms with Gasteiger partial charge in [0.1, 0.15) is 0 Å². The van der Waals surface area contributed by atoms with Crippen molar-refractivity contribution in [3.8, 4) is 11.3 Å². The van der Waals surface area contributed by atoms with Crippen LogP contribution in [0.1, 0.15) is 34.6 Å². The zero-order valence-electron chi connectivity index (χ0n) is 16.8. The molecule has 30 heavy (non-hydrogen) atoms. The molecule has 1 aromatic carbocycles. The number of pyridine rings is 1. The number of amides is 1. The largest absolute Gasteiger partial charge is 0.377 e. The van der Waals surface area contributed by atoms with Gasteiger partial charge in [-0.1, -0.05) is 12.1 Å². The van der Waals surface area contributed by atoms with Crippen LogP contribution in [0, 0.1) is 0 Å². The third-order valence-corrected chi connectivity index (χ3v) is 7.08. The summed E-state index contributed by atoms with van der Waals surface area (Å²) in [4.78, 5) is 22.4. The molecule has 1 unspecified atom stereocenters. The maximum Gasteiger partial charge on any atom is 0.252 e. The van der Waals surface area contributed by atoms with Crippen molar-refractivity contribution in [3.63, 3.8) is 0 Å². The van der Waals surface area contributed by atoms with Crippen LogP contribution in [0.3, 0.4) is 0 Å². The number of rotatable bonds is 9. The number of carbonyl (C=O) groups is 1. The van der Waals surface area contributed by atoms with Gasteiger partial charge in [-0.2, -0.15) is 0 Å². The predicted octanol–water partition coefficient (Wildman–Crippen LogP) is 4.84. The number of thioether (sulfide) groups is 1. The molecule has 156 valence electrons. The lowest BCUT2D eigenvalue weighted by molar-refractivity contribution is 0.0950. The summed E-state index contributed by atoms with van der Waals surface area (Å²) < 4.78 is 5.70. The van der Waals surface area contributed by atoms with E-state index in [1.807, 2.05) is 36.4 Å². The summed E-state index contributed by atoms with van der Waals surface area (Å²) in [6.07, 6.45) is 7.83. The Morgan fingerprint density at radius 1 is 1.23 bits per heavy atom. The molecule has 0 bridgehead atoms. The van der Waals surface area contributed by atoms with Gasteiger partial charge in [-0.15, -0.1) is 23.1 Å². The zero-order chi connectivity index (χ0) is 20.6. The molecule has 7 heteroatoms. The van der Waals surface area contributed by atoms with Crippen LogP contribution in [0.25, 0.3) is 11.3 Å². The molecule has 1 aliphatic rings. The van der Waals surface area contributed by atoms with E-state index in [1.54, 1.807) is 35.5 Å². The number of hydrogen-bond acceptors (Lipinski definition) is 6. The number of ether oxygens (including phenoxy) is 1. The standard InChI is InChI=1S/C23H25N3O2S2/c27-23(19-6-1-2-7-21(19)29-15-18-5-4-14-28-18)25-11-3-8-22-26-20(16-30-22)17-9-12-24-13-10-17/h1-2,6-7,9-10,12-13,16,18H,3-5,8,11,14-15H2,(H,25,27). The molecule has 0 radical (unpaired) electrons. The average molecular weight is 440 g/mol. The number of carbonyl (C=O) groups excluding carboxylic acids is 1. The smallest absolute Gasteiger partial charge is 0.252 e. The Morgan fingerprint density at radius 2 is 2.10 bits per heavy atom. The van der Waals surface area contributed by atoms with Gasteiger partial charge in [-0.25, -0.2) is 4.98 Å². The van der Waals surface area contributed by atoms with Crippen LogP contribution in [-0.4, -0.2) is 40.9 Å². The average Bonchev–Trinajstić information content (AvgIpc) is 3.48. The third kappa shape index (κ3) is 5.68. The first-order chi connectivity index (χ1) is 14.8.